The zero-order valence-electron chi connectivity index (χ0n) is 10.2. The Morgan fingerprint density at radius 1 is 1.53 bits per heavy atom. The van der Waals surface area contributed by atoms with E-state index in [0.717, 1.165) is 10.6 Å². The van der Waals surface area contributed by atoms with Crippen molar-refractivity contribution in [2.24, 2.45) is 0 Å². The monoisotopic (exact) mass is 251 g/mol. The van der Waals surface area contributed by atoms with Crippen molar-refractivity contribution in [2.75, 3.05) is 12.4 Å². The molecule has 2 rings (SSSR count). The first kappa shape index (κ1) is 12.4. The molecule has 1 fully saturated rings. The molecule has 0 N–H and O–H groups in total. The van der Waals surface area contributed by atoms with Crippen molar-refractivity contribution in [3.05, 3.63) is 23.5 Å². The Morgan fingerprint density at radius 3 is 2.88 bits per heavy atom. The topological polar surface area (TPSA) is 39.2 Å². The van der Waals surface area contributed by atoms with Crippen molar-refractivity contribution >= 4 is 17.7 Å². The van der Waals surface area contributed by atoms with Gasteiger partial charge in [0.25, 0.3) is 0 Å². The summed E-state index contributed by atoms with van der Waals surface area (Å²) in [6.07, 6.45) is 4.32. The zero-order valence-corrected chi connectivity index (χ0v) is 11.0. The molecule has 1 aliphatic carbocycles. The molecule has 0 unspecified atom stereocenters. The van der Waals surface area contributed by atoms with Gasteiger partial charge in [0.05, 0.1) is 6.61 Å². The smallest absolute Gasteiger partial charge is 0.358 e. The van der Waals surface area contributed by atoms with Gasteiger partial charge in [-0.25, -0.2) is 9.78 Å². The molecular weight excluding hydrogens is 234 g/mol. The molecule has 17 heavy (non-hydrogen) atoms. The summed E-state index contributed by atoms with van der Waals surface area (Å²) in [5.41, 5.74) is 1.72. The van der Waals surface area contributed by atoms with E-state index in [-0.39, 0.29) is 5.97 Å². The Kier molecular flexibility index (Phi) is 4.05. The molecule has 1 heterocycles. The van der Waals surface area contributed by atoms with Gasteiger partial charge >= 0.3 is 5.97 Å². The second-order valence-corrected chi connectivity index (χ2v) is 5.35. The minimum atomic E-state index is -0.314. The van der Waals surface area contributed by atoms with Crippen LogP contribution in [0.25, 0.3) is 0 Å². The van der Waals surface area contributed by atoms with Gasteiger partial charge in [-0.1, -0.05) is 6.92 Å². The maximum Gasteiger partial charge on any atom is 0.358 e. The van der Waals surface area contributed by atoms with Gasteiger partial charge < -0.3 is 4.74 Å². The highest BCUT2D eigenvalue weighted by Gasteiger charge is 2.25. The molecule has 1 saturated carbocycles. The fourth-order valence-electron chi connectivity index (χ4n) is 1.72. The van der Waals surface area contributed by atoms with Crippen LogP contribution < -0.4 is 0 Å². The number of ether oxygens (including phenoxy) is 1. The van der Waals surface area contributed by atoms with Crippen LogP contribution in [0.2, 0.25) is 0 Å². The number of pyridine rings is 1. The number of aromatic nitrogens is 1. The van der Waals surface area contributed by atoms with Gasteiger partial charge in [-0.15, -0.1) is 11.8 Å². The normalized spacial score (nSPS) is 14.7. The van der Waals surface area contributed by atoms with E-state index in [1.807, 2.05) is 13.1 Å². The van der Waals surface area contributed by atoms with Crippen LogP contribution in [0.3, 0.4) is 0 Å². The lowest BCUT2D eigenvalue weighted by Crippen LogP contribution is -2.09. The molecule has 1 aromatic heterocycles. The van der Waals surface area contributed by atoms with Crippen LogP contribution in [0.1, 0.15) is 48.7 Å². The van der Waals surface area contributed by atoms with Crippen molar-refractivity contribution < 1.29 is 9.53 Å². The highest BCUT2D eigenvalue weighted by Crippen LogP contribution is 2.41. The average Bonchev–Trinajstić information content (AvgIpc) is 3.13. The highest BCUT2D eigenvalue weighted by molar-refractivity contribution is 7.99. The summed E-state index contributed by atoms with van der Waals surface area (Å²) in [5.74, 6) is 1.28. The number of carbonyl (C=O) groups is 1. The first-order valence-corrected chi connectivity index (χ1v) is 7.04. The first-order chi connectivity index (χ1) is 8.26. The molecular formula is C13H17NO2S. The number of nitrogens with zero attached hydrogens (tertiary/aromatic N) is 1. The number of thioether (sulfide) groups is 1. The summed E-state index contributed by atoms with van der Waals surface area (Å²) >= 11 is 1.65. The standard InChI is InChI=1S/C13H17NO2S/c1-3-16-13(15)12-11(17-4-2)7-10(8-14-12)9-5-6-9/h7-9H,3-6H2,1-2H3. The van der Waals surface area contributed by atoms with Crippen molar-refractivity contribution in [1.29, 1.82) is 0 Å². The van der Waals surface area contributed by atoms with Crippen molar-refractivity contribution in [3.63, 3.8) is 0 Å². The maximum atomic E-state index is 11.7. The lowest BCUT2D eigenvalue weighted by Gasteiger charge is -2.08. The molecule has 1 aliphatic rings. The third-order valence-corrected chi connectivity index (χ3v) is 3.60. The van der Waals surface area contributed by atoms with E-state index in [0.29, 0.717) is 18.2 Å². The fourth-order valence-corrected chi connectivity index (χ4v) is 2.52. The first-order valence-electron chi connectivity index (χ1n) is 6.06. The molecule has 0 aliphatic heterocycles. The average molecular weight is 251 g/mol. The van der Waals surface area contributed by atoms with E-state index < -0.39 is 0 Å². The van der Waals surface area contributed by atoms with Crippen LogP contribution in [0, 0.1) is 0 Å². The van der Waals surface area contributed by atoms with Crippen LogP contribution in [-0.2, 0) is 4.74 Å². The molecule has 0 atom stereocenters. The fraction of sp³-hybridized carbons (Fsp3) is 0.538. The van der Waals surface area contributed by atoms with Gasteiger partial charge in [-0.05, 0) is 43.1 Å². The van der Waals surface area contributed by atoms with Gasteiger partial charge in [0, 0.05) is 11.1 Å². The highest BCUT2D eigenvalue weighted by atomic mass is 32.2. The van der Waals surface area contributed by atoms with E-state index in [4.69, 9.17) is 4.74 Å². The van der Waals surface area contributed by atoms with E-state index in [2.05, 4.69) is 18.0 Å². The molecule has 0 aromatic carbocycles. The summed E-state index contributed by atoms with van der Waals surface area (Å²) in [6, 6.07) is 2.10. The van der Waals surface area contributed by atoms with Gasteiger partial charge in [0.15, 0.2) is 5.69 Å². The zero-order chi connectivity index (χ0) is 12.3. The largest absolute Gasteiger partial charge is 0.461 e. The Hall–Kier alpha value is -1.03. The summed E-state index contributed by atoms with van der Waals surface area (Å²) in [7, 11) is 0. The predicted molar refractivity (Wildman–Crippen MR) is 68.6 cm³/mol. The maximum absolute atomic E-state index is 11.7. The van der Waals surface area contributed by atoms with E-state index >= 15 is 0 Å². The third kappa shape index (κ3) is 3.00. The molecule has 0 radical (unpaired) electrons. The van der Waals surface area contributed by atoms with Crippen LogP contribution in [0.4, 0.5) is 0 Å². The molecule has 0 saturated heterocycles. The molecule has 0 bridgehead atoms. The van der Waals surface area contributed by atoms with E-state index in [1.165, 1.54) is 18.4 Å². The second kappa shape index (κ2) is 5.54. The Bertz CT molecular complexity index is 416. The predicted octanol–water partition coefficient (Wildman–Crippen LogP) is 3.25. The van der Waals surface area contributed by atoms with Crippen molar-refractivity contribution in [3.8, 4) is 0 Å². The third-order valence-electron chi connectivity index (χ3n) is 2.69. The van der Waals surface area contributed by atoms with Gasteiger partial charge in [-0.2, -0.15) is 0 Å². The van der Waals surface area contributed by atoms with Crippen LogP contribution >= 0.6 is 11.8 Å². The van der Waals surface area contributed by atoms with Crippen LogP contribution in [-0.4, -0.2) is 23.3 Å². The van der Waals surface area contributed by atoms with Gasteiger partial charge in [0.2, 0.25) is 0 Å². The van der Waals surface area contributed by atoms with Crippen LogP contribution in [0.5, 0.6) is 0 Å². The summed E-state index contributed by atoms with van der Waals surface area (Å²) in [6.45, 7) is 4.27. The van der Waals surface area contributed by atoms with Gasteiger partial charge in [0.1, 0.15) is 0 Å². The number of rotatable bonds is 5. The van der Waals surface area contributed by atoms with Crippen molar-refractivity contribution in [1.82, 2.24) is 4.98 Å². The lowest BCUT2D eigenvalue weighted by molar-refractivity contribution is 0.0515. The number of esters is 1. The number of hydrogen-bond donors (Lipinski definition) is 0. The molecule has 0 amide bonds. The molecule has 3 nitrogen and oxygen atoms in total. The molecule has 4 heteroatoms. The SMILES string of the molecule is CCOC(=O)c1ncc(C2CC2)cc1SCC. The molecule has 0 spiro atoms. The molecule has 1 aromatic rings. The summed E-state index contributed by atoms with van der Waals surface area (Å²) in [5, 5.41) is 0. The van der Waals surface area contributed by atoms with E-state index in [1.54, 1.807) is 11.8 Å². The number of carbonyl (C=O) groups excluding carboxylic acids is 1. The Morgan fingerprint density at radius 2 is 2.29 bits per heavy atom. The number of hydrogen-bond acceptors (Lipinski definition) is 4. The Labute approximate surface area is 106 Å². The minimum Gasteiger partial charge on any atom is -0.461 e. The van der Waals surface area contributed by atoms with Gasteiger partial charge in [-0.3, -0.25) is 0 Å². The molecule has 92 valence electrons. The lowest BCUT2D eigenvalue weighted by atomic mass is 10.2. The summed E-state index contributed by atoms with van der Waals surface area (Å²) in [4.78, 5) is 17.0. The summed E-state index contributed by atoms with van der Waals surface area (Å²) < 4.78 is 5.02. The second-order valence-electron chi connectivity index (χ2n) is 4.04. The van der Waals surface area contributed by atoms with Crippen LogP contribution in [0.15, 0.2) is 17.2 Å². The van der Waals surface area contributed by atoms with Crippen molar-refractivity contribution in [2.45, 2.75) is 37.5 Å². The Balaban J connectivity index is 2.26. The minimum absolute atomic E-state index is 0.314. The quantitative estimate of drug-likeness (QED) is 0.595. The van der Waals surface area contributed by atoms with E-state index in [9.17, 15) is 4.79 Å².